The molecule has 0 spiro atoms. The minimum atomic E-state index is 0.530. The largest absolute Gasteiger partial charge is 0.309 e. The van der Waals surface area contributed by atoms with Gasteiger partial charge >= 0.3 is 0 Å². The molecule has 0 radical (unpaired) electrons. The van der Waals surface area contributed by atoms with Gasteiger partial charge in [0.15, 0.2) is 0 Å². The van der Waals surface area contributed by atoms with Crippen LogP contribution in [0.5, 0.6) is 0 Å². The minimum Gasteiger partial charge on any atom is -0.309 e. The standard InChI is InChI=1S/C11H21N/c1-11(8-5-9-11)12-10-6-3-2-4-7-10/h10,12H,2-9H2,1H3. The van der Waals surface area contributed by atoms with E-state index < -0.39 is 0 Å². The second-order valence-corrected chi connectivity index (χ2v) is 4.89. The molecule has 2 rings (SSSR count). The van der Waals surface area contributed by atoms with Crippen LogP contribution in [-0.4, -0.2) is 11.6 Å². The monoisotopic (exact) mass is 167 g/mol. The third-order valence-electron chi connectivity index (χ3n) is 3.61. The second-order valence-electron chi connectivity index (χ2n) is 4.89. The molecule has 2 aliphatic rings. The zero-order chi connectivity index (χ0) is 8.44. The summed E-state index contributed by atoms with van der Waals surface area (Å²) in [6.45, 7) is 2.39. The van der Waals surface area contributed by atoms with Crippen LogP contribution in [0.15, 0.2) is 0 Å². The van der Waals surface area contributed by atoms with E-state index in [1.807, 2.05) is 0 Å². The topological polar surface area (TPSA) is 12.0 Å². The molecule has 1 nitrogen and oxygen atoms in total. The van der Waals surface area contributed by atoms with E-state index in [1.165, 1.54) is 51.4 Å². The van der Waals surface area contributed by atoms with Crippen molar-refractivity contribution in [2.24, 2.45) is 0 Å². The molecule has 0 atom stereocenters. The lowest BCUT2D eigenvalue weighted by Crippen LogP contribution is -2.53. The molecule has 1 heteroatoms. The van der Waals surface area contributed by atoms with Crippen LogP contribution in [0.1, 0.15) is 58.3 Å². The third kappa shape index (κ3) is 1.82. The van der Waals surface area contributed by atoms with Gasteiger partial charge in [-0.2, -0.15) is 0 Å². The molecule has 2 saturated carbocycles. The summed E-state index contributed by atoms with van der Waals surface area (Å²) in [5.74, 6) is 0. The van der Waals surface area contributed by atoms with E-state index in [-0.39, 0.29) is 0 Å². The van der Waals surface area contributed by atoms with Gasteiger partial charge in [-0.25, -0.2) is 0 Å². The summed E-state index contributed by atoms with van der Waals surface area (Å²) in [4.78, 5) is 0. The van der Waals surface area contributed by atoms with E-state index in [0.29, 0.717) is 5.54 Å². The SMILES string of the molecule is CC1(NC2CCCCC2)CCC1. The normalized spacial score (nSPS) is 29.8. The lowest BCUT2D eigenvalue weighted by Gasteiger charge is -2.43. The first-order valence-electron chi connectivity index (χ1n) is 5.56. The Bertz CT molecular complexity index is 143. The van der Waals surface area contributed by atoms with E-state index in [9.17, 15) is 0 Å². The Hall–Kier alpha value is -0.0400. The van der Waals surface area contributed by atoms with Crippen LogP contribution in [0.3, 0.4) is 0 Å². The highest BCUT2D eigenvalue weighted by atomic mass is 15.0. The molecule has 0 unspecified atom stereocenters. The van der Waals surface area contributed by atoms with E-state index in [2.05, 4.69) is 12.2 Å². The van der Waals surface area contributed by atoms with Crippen LogP contribution >= 0.6 is 0 Å². The van der Waals surface area contributed by atoms with Gasteiger partial charge in [-0.3, -0.25) is 0 Å². The van der Waals surface area contributed by atoms with Crippen molar-refractivity contribution < 1.29 is 0 Å². The number of hydrogen-bond donors (Lipinski definition) is 1. The summed E-state index contributed by atoms with van der Waals surface area (Å²) in [5.41, 5.74) is 0.530. The molecule has 12 heavy (non-hydrogen) atoms. The average molecular weight is 167 g/mol. The number of rotatable bonds is 2. The van der Waals surface area contributed by atoms with Crippen molar-refractivity contribution in [2.45, 2.75) is 69.9 Å². The van der Waals surface area contributed by atoms with Gasteiger partial charge in [0.05, 0.1) is 0 Å². The van der Waals surface area contributed by atoms with E-state index in [4.69, 9.17) is 0 Å². The summed E-state index contributed by atoms with van der Waals surface area (Å²) in [7, 11) is 0. The maximum Gasteiger partial charge on any atom is 0.0155 e. The van der Waals surface area contributed by atoms with Crippen LogP contribution < -0.4 is 5.32 Å². The molecular formula is C11H21N. The summed E-state index contributed by atoms with van der Waals surface area (Å²) < 4.78 is 0. The molecule has 0 heterocycles. The van der Waals surface area contributed by atoms with Gasteiger partial charge in [-0.1, -0.05) is 19.3 Å². The molecule has 1 N–H and O–H groups in total. The van der Waals surface area contributed by atoms with Gasteiger partial charge < -0.3 is 5.32 Å². The van der Waals surface area contributed by atoms with Gasteiger partial charge in [0.25, 0.3) is 0 Å². The predicted octanol–water partition coefficient (Wildman–Crippen LogP) is 2.85. The van der Waals surface area contributed by atoms with Crippen molar-refractivity contribution in [3.8, 4) is 0 Å². The lowest BCUT2D eigenvalue weighted by molar-refractivity contribution is 0.168. The van der Waals surface area contributed by atoms with Crippen molar-refractivity contribution in [3.63, 3.8) is 0 Å². The van der Waals surface area contributed by atoms with Gasteiger partial charge in [0.1, 0.15) is 0 Å². The number of nitrogens with one attached hydrogen (secondary N) is 1. The predicted molar refractivity (Wildman–Crippen MR) is 52.3 cm³/mol. The second kappa shape index (κ2) is 3.37. The molecule has 2 aliphatic carbocycles. The van der Waals surface area contributed by atoms with Crippen molar-refractivity contribution in [2.75, 3.05) is 0 Å². The van der Waals surface area contributed by atoms with E-state index >= 15 is 0 Å². The van der Waals surface area contributed by atoms with Crippen molar-refractivity contribution in [1.82, 2.24) is 5.32 Å². The number of hydrogen-bond acceptors (Lipinski definition) is 1. The van der Waals surface area contributed by atoms with Gasteiger partial charge in [0.2, 0.25) is 0 Å². The first-order valence-corrected chi connectivity index (χ1v) is 5.56. The van der Waals surface area contributed by atoms with E-state index in [0.717, 1.165) is 6.04 Å². The fourth-order valence-corrected chi connectivity index (χ4v) is 2.59. The molecule has 0 aromatic heterocycles. The van der Waals surface area contributed by atoms with E-state index in [1.54, 1.807) is 0 Å². The Morgan fingerprint density at radius 3 is 2.17 bits per heavy atom. The lowest BCUT2D eigenvalue weighted by atomic mass is 9.77. The quantitative estimate of drug-likeness (QED) is 0.667. The Balaban J connectivity index is 1.77. The molecule has 2 fully saturated rings. The van der Waals surface area contributed by atoms with Gasteiger partial charge in [-0.05, 0) is 39.0 Å². The Labute approximate surface area is 75.9 Å². The highest BCUT2D eigenvalue weighted by Crippen LogP contribution is 2.33. The van der Waals surface area contributed by atoms with Crippen LogP contribution in [0.4, 0.5) is 0 Å². The Kier molecular flexibility index (Phi) is 2.40. The third-order valence-corrected chi connectivity index (χ3v) is 3.61. The van der Waals surface area contributed by atoms with Crippen LogP contribution in [0, 0.1) is 0 Å². The van der Waals surface area contributed by atoms with Crippen LogP contribution in [0.25, 0.3) is 0 Å². The summed E-state index contributed by atoms with van der Waals surface area (Å²) in [6, 6.07) is 0.851. The summed E-state index contributed by atoms with van der Waals surface area (Å²) in [5, 5.41) is 3.83. The zero-order valence-corrected chi connectivity index (χ0v) is 8.23. The van der Waals surface area contributed by atoms with Crippen LogP contribution in [0.2, 0.25) is 0 Å². The smallest absolute Gasteiger partial charge is 0.0155 e. The Morgan fingerprint density at radius 2 is 1.67 bits per heavy atom. The minimum absolute atomic E-state index is 0.530. The van der Waals surface area contributed by atoms with Gasteiger partial charge in [-0.15, -0.1) is 0 Å². The molecule has 70 valence electrons. The first kappa shape index (κ1) is 8.55. The zero-order valence-electron chi connectivity index (χ0n) is 8.23. The maximum absolute atomic E-state index is 3.83. The average Bonchev–Trinajstić information content (AvgIpc) is 2.04. The van der Waals surface area contributed by atoms with Crippen molar-refractivity contribution >= 4 is 0 Å². The van der Waals surface area contributed by atoms with Crippen molar-refractivity contribution in [1.29, 1.82) is 0 Å². The Morgan fingerprint density at radius 1 is 1.00 bits per heavy atom. The molecular weight excluding hydrogens is 146 g/mol. The highest BCUT2D eigenvalue weighted by Gasteiger charge is 2.33. The molecule has 0 aliphatic heterocycles. The fraction of sp³-hybridized carbons (Fsp3) is 1.00. The van der Waals surface area contributed by atoms with Crippen molar-refractivity contribution in [3.05, 3.63) is 0 Å². The first-order chi connectivity index (χ1) is 5.79. The molecule has 0 bridgehead atoms. The summed E-state index contributed by atoms with van der Waals surface area (Å²) in [6.07, 6.45) is 11.5. The molecule has 0 amide bonds. The molecule has 0 aromatic carbocycles. The molecule has 0 aromatic rings. The summed E-state index contributed by atoms with van der Waals surface area (Å²) >= 11 is 0. The highest BCUT2D eigenvalue weighted by molar-refractivity contribution is 4.94. The van der Waals surface area contributed by atoms with Crippen LogP contribution in [-0.2, 0) is 0 Å². The van der Waals surface area contributed by atoms with Gasteiger partial charge in [0, 0.05) is 11.6 Å². The fourth-order valence-electron chi connectivity index (χ4n) is 2.59. The maximum atomic E-state index is 3.83. The molecule has 0 saturated heterocycles.